The molecule has 0 heterocycles. The minimum absolute atomic E-state index is 0.0312. The third-order valence-electron chi connectivity index (χ3n) is 6.59. The van der Waals surface area contributed by atoms with E-state index in [0.717, 1.165) is 30.5 Å². The van der Waals surface area contributed by atoms with Crippen LogP contribution in [0.5, 0.6) is 0 Å². The Morgan fingerprint density at radius 3 is 2.31 bits per heavy atom. The van der Waals surface area contributed by atoms with E-state index >= 15 is 0 Å². The number of nitrogens with zero attached hydrogens (tertiary/aromatic N) is 2. The maximum absolute atomic E-state index is 13.9. The van der Waals surface area contributed by atoms with Crippen LogP contribution in [-0.4, -0.2) is 44.3 Å². The fourth-order valence-corrected chi connectivity index (χ4v) is 5.91. The number of carbonyl (C=O) groups is 2. The smallest absolute Gasteiger partial charge is 0.354 e. The second-order valence-corrected chi connectivity index (χ2v) is 12.1. The first kappa shape index (κ1) is 32.9. The summed E-state index contributed by atoms with van der Waals surface area (Å²) < 4.78 is 69.4. The van der Waals surface area contributed by atoms with Crippen LogP contribution in [0.25, 0.3) is 0 Å². The average Bonchev–Trinajstić information content (AvgIpc) is 2.94. The summed E-state index contributed by atoms with van der Waals surface area (Å²) in [7, 11) is -4.53. The van der Waals surface area contributed by atoms with Gasteiger partial charge in [-0.25, -0.2) is 8.42 Å². The van der Waals surface area contributed by atoms with Gasteiger partial charge in [0.1, 0.15) is 12.6 Å². The highest BCUT2D eigenvalue weighted by atomic mass is 35.5. The molecule has 0 saturated carbocycles. The van der Waals surface area contributed by atoms with Crippen molar-refractivity contribution < 1.29 is 31.2 Å². The third kappa shape index (κ3) is 8.25. The van der Waals surface area contributed by atoms with Crippen LogP contribution in [-0.2, 0) is 32.3 Å². The monoisotopic (exact) mass is 623 g/mol. The molecule has 12 heteroatoms. The molecular weight excluding hydrogens is 591 g/mol. The summed E-state index contributed by atoms with van der Waals surface area (Å²) >= 11 is 5.80. The van der Waals surface area contributed by atoms with Crippen molar-refractivity contribution in [1.82, 2.24) is 10.2 Å². The lowest BCUT2D eigenvalue weighted by atomic mass is 10.1. The van der Waals surface area contributed by atoms with Crippen molar-refractivity contribution in [2.24, 2.45) is 0 Å². The van der Waals surface area contributed by atoms with Gasteiger partial charge in [0.25, 0.3) is 10.0 Å². The van der Waals surface area contributed by atoms with Gasteiger partial charge in [-0.2, -0.15) is 13.2 Å². The molecule has 3 aromatic carbocycles. The normalized spacial score (nSPS) is 12.5. The first-order valence-corrected chi connectivity index (χ1v) is 15.1. The van der Waals surface area contributed by atoms with E-state index in [1.54, 1.807) is 18.2 Å². The van der Waals surface area contributed by atoms with E-state index in [4.69, 9.17) is 11.6 Å². The van der Waals surface area contributed by atoms with Crippen molar-refractivity contribution in [3.05, 3.63) is 94.5 Å². The maximum Gasteiger partial charge on any atom is 0.417 e. The highest BCUT2D eigenvalue weighted by molar-refractivity contribution is 7.92. The minimum Gasteiger partial charge on any atom is -0.354 e. The number of rotatable bonds is 12. The number of halogens is 4. The number of carbonyl (C=O) groups excluding carboxylic acids is 2. The van der Waals surface area contributed by atoms with Gasteiger partial charge in [-0.1, -0.05) is 73.0 Å². The predicted molar refractivity (Wildman–Crippen MR) is 157 cm³/mol. The summed E-state index contributed by atoms with van der Waals surface area (Å²) in [5, 5.41) is 2.17. The molecule has 0 bridgehead atoms. The van der Waals surface area contributed by atoms with Gasteiger partial charge in [0.2, 0.25) is 11.8 Å². The van der Waals surface area contributed by atoms with E-state index in [9.17, 15) is 31.2 Å². The second kappa shape index (κ2) is 14.1. The molecule has 3 rings (SSSR count). The Hall–Kier alpha value is -3.57. The van der Waals surface area contributed by atoms with Crippen molar-refractivity contribution in [3.63, 3.8) is 0 Å². The van der Waals surface area contributed by atoms with Crippen LogP contribution in [0.4, 0.5) is 18.9 Å². The number of aryl methyl sites for hydroxylation is 1. The van der Waals surface area contributed by atoms with Gasteiger partial charge < -0.3 is 10.2 Å². The lowest BCUT2D eigenvalue weighted by Gasteiger charge is -2.32. The zero-order valence-corrected chi connectivity index (χ0v) is 25.1. The molecule has 0 aromatic heterocycles. The topological polar surface area (TPSA) is 86.8 Å². The van der Waals surface area contributed by atoms with Crippen LogP contribution in [0.1, 0.15) is 43.4 Å². The Balaban J connectivity index is 2.08. The molecule has 42 heavy (non-hydrogen) atoms. The van der Waals surface area contributed by atoms with E-state index in [2.05, 4.69) is 5.32 Å². The Morgan fingerprint density at radius 1 is 1.00 bits per heavy atom. The molecule has 1 atom stereocenters. The van der Waals surface area contributed by atoms with E-state index in [0.29, 0.717) is 22.5 Å². The van der Waals surface area contributed by atoms with Gasteiger partial charge in [0.15, 0.2) is 0 Å². The number of benzene rings is 3. The fraction of sp³-hybridized carbons (Fsp3) is 0.333. The number of nitrogens with one attached hydrogen (secondary N) is 1. The largest absolute Gasteiger partial charge is 0.417 e. The number of amides is 2. The Morgan fingerprint density at radius 2 is 1.69 bits per heavy atom. The molecule has 0 aliphatic rings. The molecule has 3 aromatic rings. The Kier molecular flexibility index (Phi) is 11.0. The standard InChI is InChI=1S/C30H33ClF3N3O4S/c1-4-5-16-35-29(39)22(3)36(19-23-11-9-10-21(2)17-23)28(38)20-37(42(40,41)25-12-7-6-8-13-25)24-14-15-27(31)26(18-24)30(32,33)34/h6-15,17-18,22H,4-5,16,19-20H2,1-3H3,(H,35,39)/t22-/m1/s1. The fourth-order valence-electron chi connectivity index (χ4n) is 4.26. The van der Waals surface area contributed by atoms with Crippen molar-refractivity contribution >= 4 is 39.1 Å². The lowest BCUT2D eigenvalue weighted by Crippen LogP contribution is -2.51. The van der Waals surface area contributed by atoms with Crippen molar-refractivity contribution in [1.29, 1.82) is 0 Å². The second-order valence-electron chi connectivity index (χ2n) is 9.82. The number of sulfonamides is 1. The summed E-state index contributed by atoms with van der Waals surface area (Å²) in [4.78, 5) is 27.9. The summed E-state index contributed by atoms with van der Waals surface area (Å²) in [6.45, 7) is 4.85. The highest BCUT2D eigenvalue weighted by Gasteiger charge is 2.37. The van der Waals surface area contributed by atoms with Crippen LogP contribution < -0.4 is 9.62 Å². The molecule has 0 radical (unpaired) electrons. The molecule has 0 aliphatic heterocycles. The lowest BCUT2D eigenvalue weighted by molar-refractivity contribution is -0.139. The number of hydrogen-bond acceptors (Lipinski definition) is 4. The number of unbranched alkanes of at least 4 members (excludes halogenated alkanes) is 1. The zero-order chi connectivity index (χ0) is 31.1. The molecule has 7 nitrogen and oxygen atoms in total. The molecule has 226 valence electrons. The molecule has 0 unspecified atom stereocenters. The summed E-state index contributed by atoms with van der Waals surface area (Å²) in [5.74, 6) is -1.22. The van der Waals surface area contributed by atoms with Crippen LogP contribution in [0.2, 0.25) is 5.02 Å². The number of alkyl halides is 3. The predicted octanol–water partition coefficient (Wildman–Crippen LogP) is 6.20. The summed E-state index contributed by atoms with van der Waals surface area (Å²) in [6, 6.07) is 16.0. The van der Waals surface area contributed by atoms with Gasteiger partial charge in [0.05, 0.1) is 21.2 Å². The highest BCUT2D eigenvalue weighted by Crippen LogP contribution is 2.38. The van der Waals surface area contributed by atoms with Gasteiger partial charge in [-0.3, -0.25) is 13.9 Å². The SMILES string of the molecule is CCCCNC(=O)[C@@H](C)N(Cc1cccc(C)c1)C(=O)CN(c1ccc(Cl)c(C(F)(F)F)c1)S(=O)(=O)c1ccccc1. The Labute approximate surface area is 249 Å². The summed E-state index contributed by atoms with van der Waals surface area (Å²) in [6.07, 6.45) is -3.30. The van der Waals surface area contributed by atoms with E-state index in [1.807, 2.05) is 26.0 Å². The first-order valence-electron chi connectivity index (χ1n) is 13.3. The maximum atomic E-state index is 13.9. The van der Waals surface area contributed by atoms with Crippen LogP contribution in [0, 0.1) is 6.92 Å². The molecule has 1 N–H and O–H groups in total. The summed E-state index contributed by atoms with van der Waals surface area (Å²) in [5.41, 5.74) is -0.0453. The quantitative estimate of drug-likeness (QED) is 0.244. The van der Waals surface area contributed by atoms with Crippen molar-refractivity contribution in [2.75, 3.05) is 17.4 Å². The molecule has 0 saturated heterocycles. The van der Waals surface area contributed by atoms with Crippen LogP contribution in [0.15, 0.2) is 77.7 Å². The average molecular weight is 624 g/mol. The van der Waals surface area contributed by atoms with E-state index in [-0.39, 0.29) is 11.4 Å². The van der Waals surface area contributed by atoms with Crippen LogP contribution in [0.3, 0.4) is 0 Å². The van der Waals surface area contributed by atoms with Crippen molar-refractivity contribution in [3.8, 4) is 0 Å². The Bertz CT molecular complexity index is 1500. The molecular formula is C30H33ClF3N3O4S. The molecule has 0 spiro atoms. The van der Waals surface area contributed by atoms with Crippen LogP contribution >= 0.6 is 11.6 Å². The molecule has 0 fully saturated rings. The van der Waals surface area contributed by atoms with Gasteiger partial charge in [0, 0.05) is 13.1 Å². The molecule has 2 amide bonds. The molecule has 0 aliphatic carbocycles. The number of hydrogen-bond donors (Lipinski definition) is 1. The van der Waals surface area contributed by atoms with Gasteiger partial charge in [-0.15, -0.1) is 0 Å². The van der Waals surface area contributed by atoms with Gasteiger partial charge >= 0.3 is 6.18 Å². The number of anilines is 1. The van der Waals surface area contributed by atoms with Crippen molar-refractivity contribution in [2.45, 2.75) is 57.3 Å². The van der Waals surface area contributed by atoms with E-state index < -0.39 is 56.9 Å². The third-order valence-corrected chi connectivity index (χ3v) is 8.70. The zero-order valence-electron chi connectivity index (χ0n) is 23.5. The first-order chi connectivity index (χ1) is 19.8. The van der Waals surface area contributed by atoms with Gasteiger partial charge in [-0.05, 0) is 56.2 Å². The van der Waals surface area contributed by atoms with E-state index in [1.165, 1.54) is 36.1 Å². The minimum atomic E-state index is -4.87.